The molecule has 0 bridgehead atoms. The fourth-order valence-corrected chi connectivity index (χ4v) is 1.37. The molecule has 1 nitrogen and oxygen atoms in total. The second-order valence-corrected chi connectivity index (χ2v) is 5.12. The highest BCUT2D eigenvalue weighted by Gasteiger charge is 2.17. The summed E-state index contributed by atoms with van der Waals surface area (Å²) in [6.07, 6.45) is 10.9. The smallest absolute Gasteiger partial charge is 0.142 e. The van der Waals surface area contributed by atoms with Crippen molar-refractivity contribution in [2.24, 2.45) is 5.41 Å². The summed E-state index contributed by atoms with van der Waals surface area (Å²) in [4.78, 5) is 10.4. The van der Waals surface area contributed by atoms with Gasteiger partial charge in [0.25, 0.3) is 0 Å². The van der Waals surface area contributed by atoms with Gasteiger partial charge in [-0.25, -0.2) is 0 Å². The van der Waals surface area contributed by atoms with Crippen LogP contribution in [-0.2, 0) is 4.79 Å². The van der Waals surface area contributed by atoms with E-state index >= 15 is 0 Å². The fraction of sp³-hybridized carbons (Fsp3) is 0.533. The maximum Gasteiger partial charge on any atom is 0.142 e. The molecule has 16 heavy (non-hydrogen) atoms. The Kier molecular flexibility index (Phi) is 6.71. The molecule has 0 fully saturated rings. The van der Waals surface area contributed by atoms with Gasteiger partial charge in [-0.2, -0.15) is 0 Å². The maximum absolute atomic E-state index is 10.4. The summed E-state index contributed by atoms with van der Waals surface area (Å²) >= 11 is 0. The SMILES string of the molecule is CC(C)=CCC(C)(/C=C/C=O)CC=C(C)C. The first-order chi connectivity index (χ1) is 7.39. The third-order valence-electron chi connectivity index (χ3n) is 2.53. The van der Waals surface area contributed by atoms with Crippen LogP contribution in [0.5, 0.6) is 0 Å². The molecule has 0 aromatic heterocycles. The molecule has 0 rings (SSSR count). The molecule has 0 aliphatic rings. The van der Waals surface area contributed by atoms with Gasteiger partial charge >= 0.3 is 0 Å². The van der Waals surface area contributed by atoms with Crippen LogP contribution in [0.2, 0.25) is 0 Å². The van der Waals surface area contributed by atoms with E-state index in [9.17, 15) is 4.79 Å². The Morgan fingerprint density at radius 2 is 1.44 bits per heavy atom. The van der Waals surface area contributed by atoms with Crippen molar-refractivity contribution in [1.82, 2.24) is 0 Å². The monoisotopic (exact) mass is 220 g/mol. The van der Waals surface area contributed by atoms with Crippen LogP contribution >= 0.6 is 0 Å². The van der Waals surface area contributed by atoms with Crippen LogP contribution in [0.1, 0.15) is 47.5 Å². The lowest BCUT2D eigenvalue weighted by atomic mass is 9.82. The van der Waals surface area contributed by atoms with Crippen molar-refractivity contribution < 1.29 is 4.79 Å². The van der Waals surface area contributed by atoms with Crippen molar-refractivity contribution in [3.05, 3.63) is 35.5 Å². The Hall–Kier alpha value is -1.11. The summed E-state index contributed by atoms with van der Waals surface area (Å²) in [5, 5.41) is 0. The molecule has 0 amide bonds. The van der Waals surface area contributed by atoms with E-state index in [-0.39, 0.29) is 5.41 Å². The van der Waals surface area contributed by atoms with Crippen molar-refractivity contribution in [3.8, 4) is 0 Å². The summed E-state index contributed by atoms with van der Waals surface area (Å²) < 4.78 is 0. The Bertz CT molecular complexity index is 277. The molecule has 1 heteroatoms. The first-order valence-corrected chi connectivity index (χ1v) is 5.79. The van der Waals surface area contributed by atoms with Crippen LogP contribution in [0.4, 0.5) is 0 Å². The van der Waals surface area contributed by atoms with Crippen molar-refractivity contribution >= 4 is 6.29 Å². The van der Waals surface area contributed by atoms with Gasteiger partial charge in [0.2, 0.25) is 0 Å². The lowest BCUT2D eigenvalue weighted by molar-refractivity contribution is -0.104. The van der Waals surface area contributed by atoms with E-state index in [1.807, 2.05) is 6.08 Å². The number of hydrogen-bond acceptors (Lipinski definition) is 1. The highest BCUT2D eigenvalue weighted by atomic mass is 16.1. The molecule has 0 aromatic rings. The largest absolute Gasteiger partial charge is 0.299 e. The van der Waals surface area contributed by atoms with Crippen molar-refractivity contribution in [2.75, 3.05) is 0 Å². The summed E-state index contributed by atoms with van der Waals surface area (Å²) in [6.45, 7) is 10.6. The molecule has 0 aliphatic carbocycles. The summed E-state index contributed by atoms with van der Waals surface area (Å²) in [7, 11) is 0. The molecule has 0 aliphatic heterocycles. The van der Waals surface area contributed by atoms with Crippen LogP contribution in [0.25, 0.3) is 0 Å². The minimum atomic E-state index is 0.0510. The minimum Gasteiger partial charge on any atom is -0.299 e. The average Bonchev–Trinajstić information content (AvgIpc) is 2.21. The van der Waals surface area contributed by atoms with E-state index in [1.165, 1.54) is 11.1 Å². The van der Waals surface area contributed by atoms with Gasteiger partial charge in [-0.3, -0.25) is 4.79 Å². The van der Waals surface area contributed by atoms with Crippen molar-refractivity contribution in [2.45, 2.75) is 47.5 Å². The normalized spacial score (nSPS) is 11.3. The number of carbonyl (C=O) groups excluding carboxylic acids is 1. The summed E-state index contributed by atoms with van der Waals surface area (Å²) in [5.41, 5.74) is 2.70. The van der Waals surface area contributed by atoms with Crippen molar-refractivity contribution in [3.63, 3.8) is 0 Å². The molecule has 0 spiro atoms. The Balaban J connectivity index is 4.73. The van der Waals surface area contributed by atoms with Gasteiger partial charge in [0, 0.05) is 0 Å². The zero-order chi connectivity index (χ0) is 12.6. The second-order valence-electron chi connectivity index (χ2n) is 5.12. The second kappa shape index (κ2) is 7.21. The summed E-state index contributed by atoms with van der Waals surface area (Å²) in [6, 6.07) is 0. The van der Waals surface area contributed by atoms with Crippen LogP contribution < -0.4 is 0 Å². The topological polar surface area (TPSA) is 17.1 Å². The van der Waals surface area contributed by atoms with E-state index < -0.39 is 0 Å². The molecule has 90 valence electrons. The van der Waals surface area contributed by atoms with E-state index in [2.05, 4.69) is 46.8 Å². The molecule has 0 saturated carbocycles. The molecule has 0 heterocycles. The van der Waals surface area contributed by atoms with Gasteiger partial charge < -0.3 is 0 Å². The highest BCUT2D eigenvalue weighted by Crippen LogP contribution is 2.30. The fourth-order valence-electron chi connectivity index (χ4n) is 1.37. The molecule has 0 aromatic carbocycles. The Morgan fingerprint density at radius 3 is 1.75 bits per heavy atom. The molecule has 0 saturated heterocycles. The van der Waals surface area contributed by atoms with Gasteiger partial charge in [0.05, 0.1) is 0 Å². The minimum absolute atomic E-state index is 0.0510. The van der Waals surface area contributed by atoms with Gasteiger partial charge in [-0.05, 0) is 52.0 Å². The third-order valence-corrected chi connectivity index (χ3v) is 2.53. The lowest BCUT2D eigenvalue weighted by Gasteiger charge is -2.23. The molecule has 0 radical (unpaired) electrons. The zero-order valence-corrected chi connectivity index (χ0v) is 11.2. The van der Waals surface area contributed by atoms with E-state index in [0.717, 1.165) is 19.1 Å². The predicted molar refractivity (Wildman–Crippen MR) is 71.4 cm³/mol. The van der Waals surface area contributed by atoms with E-state index in [4.69, 9.17) is 0 Å². The van der Waals surface area contributed by atoms with E-state index in [1.54, 1.807) is 6.08 Å². The Labute approximate surface area is 99.9 Å². The number of hydrogen-bond donors (Lipinski definition) is 0. The Morgan fingerprint density at radius 1 is 1.00 bits per heavy atom. The van der Waals surface area contributed by atoms with Crippen LogP contribution in [0, 0.1) is 5.41 Å². The third kappa shape index (κ3) is 7.22. The predicted octanol–water partition coefficient (Wildman–Crippen LogP) is 4.46. The average molecular weight is 220 g/mol. The first kappa shape index (κ1) is 14.9. The molecular formula is C15H24O. The number of carbonyl (C=O) groups is 1. The van der Waals surface area contributed by atoms with Gasteiger partial charge in [0.1, 0.15) is 6.29 Å². The molecule has 0 N–H and O–H groups in total. The molecule has 0 unspecified atom stereocenters. The molecular weight excluding hydrogens is 196 g/mol. The van der Waals surface area contributed by atoms with Crippen molar-refractivity contribution in [1.29, 1.82) is 0 Å². The van der Waals surface area contributed by atoms with Crippen LogP contribution in [0.15, 0.2) is 35.5 Å². The number of aldehydes is 1. The van der Waals surface area contributed by atoms with Gasteiger partial charge in [-0.1, -0.05) is 36.3 Å². The quantitative estimate of drug-likeness (QED) is 0.367. The lowest BCUT2D eigenvalue weighted by Crippen LogP contribution is -2.11. The number of rotatable bonds is 6. The van der Waals surface area contributed by atoms with Crippen LogP contribution in [-0.4, -0.2) is 6.29 Å². The van der Waals surface area contributed by atoms with Crippen LogP contribution in [0.3, 0.4) is 0 Å². The van der Waals surface area contributed by atoms with Gasteiger partial charge in [-0.15, -0.1) is 0 Å². The number of allylic oxidation sites excluding steroid dienone is 6. The van der Waals surface area contributed by atoms with Gasteiger partial charge in [0.15, 0.2) is 0 Å². The molecule has 0 atom stereocenters. The maximum atomic E-state index is 10.4. The summed E-state index contributed by atoms with van der Waals surface area (Å²) in [5.74, 6) is 0. The zero-order valence-electron chi connectivity index (χ0n) is 11.2. The van der Waals surface area contributed by atoms with E-state index in [0.29, 0.717) is 0 Å². The standard InChI is InChI=1S/C15H24O/c1-13(2)7-10-15(5,9-6-12-16)11-8-14(3)4/h6-9,12H,10-11H2,1-5H3/b9-6+. The highest BCUT2D eigenvalue weighted by molar-refractivity contribution is 5.64. The first-order valence-electron chi connectivity index (χ1n) is 5.79.